The highest BCUT2D eigenvalue weighted by molar-refractivity contribution is 6.95. The van der Waals surface area contributed by atoms with Crippen LogP contribution in [0.4, 0.5) is 0 Å². The predicted molar refractivity (Wildman–Crippen MR) is 282 cm³/mol. The smallest absolute Gasteiger partial charge is 0.183 e. The van der Waals surface area contributed by atoms with E-state index in [1.54, 1.807) is 5.67 Å². The zero-order valence-corrected chi connectivity index (χ0v) is 48.0. The van der Waals surface area contributed by atoms with Crippen LogP contribution in [-0.2, 0) is 42.8 Å². The molecule has 0 amide bonds. The standard InChI is InChI=1S/C32H76O2Si5.C9H16O2.6CH2O/c1-13-14-15-16-17-18-19-20-23-32(2)39(12,30-34-36(6,7)8)29-28-38(11,25-22-21-24-33)27-26-37(9,10)31-35(3,4)5;10-8-6-4-2-1-3-5-7-9-11;6*1-2/h32-33H,13-31H2,1-12H3;8-9H,1-7H2;6*1H2. The maximum atomic E-state index is 9.89. The number of unbranched alkanes of at least 4 members (excludes halogenated alkanes) is 14. The Kier molecular flexibility index (Phi) is 69.4. The van der Waals surface area contributed by atoms with E-state index < -0.39 is 40.6 Å². The molecule has 0 aromatic carbocycles. The first kappa shape index (κ1) is 77.6. The van der Waals surface area contributed by atoms with Crippen molar-refractivity contribution in [2.75, 3.05) is 12.8 Å². The van der Waals surface area contributed by atoms with Crippen LogP contribution in [0.25, 0.3) is 0 Å². The molecular weight excluding hydrogens is 865 g/mol. The van der Waals surface area contributed by atoms with Gasteiger partial charge in [-0.3, -0.25) is 0 Å². The lowest BCUT2D eigenvalue weighted by molar-refractivity contribution is -0.108. The summed E-state index contributed by atoms with van der Waals surface area (Å²) in [5, 5.41) is 9.52. The highest BCUT2D eigenvalue weighted by atomic mass is 28.4. The third-order valence-electron chi connectivity index (χ3n) is 11.1. The molecule has 0 aliphatic carbocycles. The molecule has 0 aromatic rings. The van der Waals surface area contributed by atoms with Crippen LogP contribution in [-0.4, -0.2) is 112 Å². The Morgan fingerprint density at radius 1 is 0.500 bits per heavy atom. The summed E-state index contributed by atoms with van der Waals surface area (Å²) in [6, 6.07) is 7.49. The Morgan fingerprint density at radius 3 is 1.26 bits per heavy atom. The van der Waals surface area contributed by atoms with Gasteiger partial charge >= 0.3 is 0 Å². The van der Waals surface area contributed by atoms with E-state index in [2.05, 4.69) is 79.3 Å². The second-order valence-electron chi connectivity index (χ2n) is 19.8. The minimum Gasteiger partial charge on any atom is -0.421 e. The van der Waals surface area contributed by atoms with Gasteiger partial charge in [0.2, 0.25) is 0 Å². The van der Waals surface area contributed by atoms with Crippen molar-refractivity contribution in [2.45, 2.75) is 236 Å². The third kappa shape index (κ3) is 62.7. The van der Waals surface area contributed by atoms with Crippen molar-refractivity contribution >= 4 is 93.9 Å². The molecule has 15 heteroatoms. The van der Waals surface area contributed by atoms with E-state index in [1.165, 1.54) is 94.4 Å². The minimum absolute atomic E-state index is 0.368. The van der Waals surface area contributed by atoms with Crippen LogP contribution in [0.1, 0.15) is 129 Å². The van der Waals surface area contributed by atoms with Crippen molar-refractivity contribution in [3.63, 3.8) is 0 Å². The lowest BCUT2D eigenvalue weighted by atomic mass is 10.1. The molecule has 0 rings (SSSR count). The lowest BCUT2D eigenvalue weighted by Crippen LogP contribution is -2.47. The van der Waals surface area contributed by atoms with Crippen LogP contribution in [0.15, 0.2) is 0 Å². The molecule has 3 unspecified atom stereocenters. The fourth-order valence-corrected chi connectivity index (χ4v) is 36.3. The van der Waals surface area contributed by atoms with Gasteiger partial charge in [0.05, 0.1) is 8.07 Å². The van der Waals surface area contributed by atoms with E-state index in [9.17, 15) is 14.7 Å². The van der Waals surface area contributed by atoms with Crippen molar-refractivity contribution in [3.8, 4) is 0 Å². The summed E-state index contributed by atoms with van der Waals surface area (Å²) in [6.07, 6.45) is 24.8. The molecule has 0 aromatic heterocycles. The summed E-state index contributed by atoms with van der Waals surface area (Å²) in [7, 11) is -6.48. The number of aliphatic hydroxyl groups excluding tert-OH is 1. The molecule has 0 saturated heterocycles. The van der Waals surface area contributed by atoms with E-state index in [4.69, 9.17) is 33.2 Å². The van der Waals surface area contributed by atoms with Gasteiger partial charge in [0, 0.05) is 49.9 Å². The highest BCUT2D eigenvalue weighted by Gasteiger charge is 2.39. The van der Waals surface area contributed by atoms with Crippen molar-refractivity contribution in [1.82, 2.24) is 0 Å². The van der Waals surface area contributed by atoms with Crippen molar-refractivity contribution in [2.24, 2.45) is 0 Å². The van der Waals surface area contributed by atoms with Gasteiger partial charge in [0.1, 0.15) is 53.3 Å². The average molecular weight is 970 g/mol. The fourth-order valence-electron chi connectivity index (χ4n) is 7.55. The molecule has 372 valence electrons. The maximum Gasteiger partial charge on any atom is 0.183 e. The van der Waals surface area contributed by atoms with E-state index in [0.29, 0.717) is 19.4 Å². The molecule has 1 N–H and O–H groups in total. The zero-order chi connectivity index (χ0) is 50.6. The second kappa shape index (κ2) is 55.5. The molecule has 0 aliphatic heterocycles. The first-order valence-electron chi connectivity index (χ1n) is 23.1. The Morgan fingerprint density at radius 2 is 0.887 bits per heavy atom. The van der Waals surface area contributed by atoms with Crippen molar-refractivity contribution in [3.05, 3.63) is 0 Å². The van der Waals surface area contributed by atoms with E-state index in [1.807, 2.05) is 40.7 Å². The summed E-state index contributed by atoms with van der Waals surface area (Å²) >= 11 is 0. The Bertz CT molecular complexity index is 897. The van der Waals surface area contributed by atoms with Crippen LogP contribution in [0.5, 0.6) is 0 Å². The summed E-state index contributed by atoms with van der Waals surface area (Å²) in [5.41, 5.74) is 2.44. The van der Waals surface area contributed by atoms with Gasteiger partial charge < -0.3 is 47.9 Å². The number of aliphatic hydroxyl groups is 1. The van der Waals surface area contributed by atoms with Crippen LogP contribution < -0.4 is 0 Å². The summed E-state index contributed by atoms with van der Waals surface area (Å²) in [6.45, 7) is 43.0. The predicted octanol–water partition coefficient (Wildman–Crippen LogP) is 12.8. The quantitative estimate of drug-likeness (QED) is 0.0380. The molecule has 0 heterocycles. The SMILES string of the molecule is C=O.C=O.C=O.C=O.C=O.C=O.CCCCCCCCCCC(C)[Si](C)(CC[Si](C)(CCCCO)CC[Si](C)(C)C[Si](C)(C)C)CO[Si](C)(C)C.O=CCCCCCCCC=O. The Hall–Kier alpha value is -1.64. The van der Waals surface area contributed by atoms with Gasteiger partial charge in [-0.1, -0.05) is 179 Å². The first-order chi connectivity index (χ1) is 29.3. The number of carbonyl (C=O) groups excluding carboxylic acids is 8. The molecule has 62 heavy (non-hydrogen) atoms. The molecule has 0 radical (unpaired) electrons. The van der Waals surface area contributed by atoms with Gasteiger partial charge in [0.25, 0.3) is 0 Å². The molecular formula is C47H104O10Si5. The topological polar surface area (TPSA) is 166 Å². The first-order valence-corrected chi connectivity index (χ1v) is 39.8. The van der Waals surface area contributed by atoms with E-state index >= 15 is 0 Å². The molecule has 10 nitrogen and oxygen atoms in total. The lowest BCUT2D eigenvalue weighted by Gasteiger charge is -2.40. The van der Waals surface area contributed by atoms with Gasteiger partial charge in [-0.05, 0) is 44.4 Å². The van der Waals surface area contributed by atoms with E-state index in [-0.39, 0.29) is 0 Å². The second-order valence-corrected chi connectivity index (χ2v) is 45.9. The van der Waals surface area contributed by atoms with Crippen LogP contribution in [0, 0.1) is 0 Å². The Labute approximate surface area is 389 Å². The third-order valence-corrected chi connectivity index (χ3v) is 32.4. The summed E-state index contributed by atoms with van der Waals surface area (Å²) < 4.78 is 6.73. The number of carbonyl (C=O) groups is 8. The summed E-state index contributed by atoms with van der Waals surface area (Å²) in [4.78, 5) is 67.8. The van der Waals surface area contributed by atoms with Crippen molar-refractivity contribution in [1.29, 1.82) is 0 Å². The van der Waals surface area contributed by atoms with E-state index in [0.717, 1.165) is 62.9 Å². The molecule has 0 aliphatic rings. The van der Waals surface area contributed by atoms with Crippen molar-refractivity contribution < 1.29 is 47.9 Å². The van der Waals surface area contributed by atoms with Crippen LogP contribution in [0.3, 0.4) is 0 Å². The zero-order valence-electron chi connectivity index (χ0n) is 43.0. The number of rotatable bonds is 33. The average Bonchev–Trinajstić information content (AvgIpc) is 3.26. The minimum atomic E-state index is -1.51. The number of hydrogen-bond donors (Lipinski definition) is 1. The molecule has 0 saturated carbocycles. The van der Waals surface area contributed by atoms with Crippen LogP contribution in [0.2, 0.25) is 107 Å². The summed E-state index contributed by atoms with van der Waals surface area (Å²) in [5.74, 6) is 0. The van der Waals surface area contributed by atoms with Crippen LogP contribution >= 0.6 is 0 Å². The number of hydrogen-bond acceptors (Lipinski definition) is 10. The molecule has 0 spiro atoms. The van der Waals surface area contributed by atoms with Gasteiger partial charge in [0.15, 0.2) is 8.32 Å². The van der Waals surface area contributed by atoms with Gasteiger partial charge in [-0.2, -0.15) is 0 Å². The highest BCUT2D eigenvalue weighted by Crippen LogP contribution is 2.39. The Balaban J connectivity index is -0.000000175. The number of aldehydes is 2. The largest absolute Gasteiger partial charge is 0.421 e. The normalized spacial score (nSPS) is 12.9. The monoisotopic (exact) mass is 969 g/mol. The fraction of sp³-hybridized carbons (Fsp3) is 0.830. The molecule has 0 bridgehead atoms. The molecule has 3 atom stereocenters. The maximum absolute atomic E-state index is 9.89. The van der Waals surface area contributed by atoms with Gasteiger partial charge in [-0.15, -0.1) is 0 Å². The van der Waals surface area contributed by atoms with Gasteiger partial charge in [-0.25, -0.2) is 0 Å². The molecule has 0 fully saturated rings.